The second-order valence-corrected chi connectivity index (χ2v) is 10.9. The van der Waals surface area contributed by atoms with Crippen molar-refractivity contribution in [3.05, 3.63) is 0 Å². The Balaban J connectivity index is 0. The number of carbonyl (C=O) groups excluding carboxylic acids is 5. The molecule has 2 aliphatic heterocycles. The Morgan fingerprint density at radius 2 is 0.886 bits per heavy atom. The molecule has 2 heterocycles. The maximum absolute atomic E-state index is 11.3. The minimum Gasteiger partial charge on any atom is -0.481 e. The van der Waals surface area contributed by atoms with E-state index in [-0.39, 0.29) is 47.0 Å². The second-order valence-electron chi connectivity index (χ2n) is 10.0. The normalized spacial score (nSPS) is 30.6. The van der Waals surface area contributed by atoms with Crippen molar-refractivity contribution in [3.8, 4) is 0 Å². The average molecular weight is 766 g/mol. The molecule has 16 heteroatoms. The molecule has 44 heavy (non-hydrogen) atoms. The Labute approximate surface area is 277 Å². The quantitative estimate of drug-likeness (QED) is 0.224. The van der Waals surface area contributed by atoms with Crippen LogP contribution in [0.5, 0.6) is 0 Å². The topological polar surface area (TPSA) is 187 Å². The molecule has 0 aliphatic carbocycles. The van der Waals surface area contributed by atoms with Crippen LogP contribution in [0.25, 0.3) is 0 Å². The Kier molecular flexibility index (Phi) is 21.4. The van der Waals surface area contributed by atoms with Crippen molar-refractivity contribution in [2.24, 2.45) is 11.8 Å². The van der Waals surface area contributed by atoms with Gasteiger partial charge >= 0.3 is 29.8 Å². The van der Waals surface area contributed by atoms with Gasteiger partial charge in [-0.15, -0.1) is 17.0 Å². The summed E-state index contributed by atoms with van der Waals surface area (Å²) in [5, 5.41) is 6.95. The molecule has 0 spiro atoms. The first-order chi connectivity index (χ1) is 19.9. The molecule has 10 atom stereocenters. The van der Waals surface area contributed by atoms with Gasteiger partial charge in [0.25, 0.3) is 5.97 Å². The van der Waals surface area contributed by atoms with Crippen molar-refractivity contribution in [3.63, 3.8) is 0 Å². The Bertz CT molecular complexity index is 957. The SMILES string of the molecule is Br.CC(=O)O.CC[C@H]1O[C@@H](OC(C)=O)[C@H](OC(C)=O)[C@@H](OC(C)=O)[C@@H]1C.CC[C@H]1O[C@H](Br)[C@H](OC(C)=O)[C@@H](OC(C)=O)[C@@H]1C. The Hall–Kier alpha value is -2.30. The number of rotatable bonds is 7. The minimum absolute atomic E-state index is 0. The molecule has 2 rings (SSSR count). The maximum atomic E-state index is 11.3. The number of aliphatic carboxylic acids is 1. The zero-order valence-corrected chi connectivity index (χ0v) is 30.0. The second kappa shape index (κ2) is 21.4. The van der Waals surface area contributed by atoms with Crippen LogP contribution in [0.15, 0.2) is 0 Å². The lowest BCUT2D eigenvalue weighted by Gasteiger charge is -2.43. The van der Waals surface area contributed by atoms with Gasteiger partial charge < -0.3 is 38.3 Å². The summed E-state index contributed by atoms with van der Waals surface area (Å²) in [6.45, 7) is 15.1. The van der Waals surface area contributed by atoms with Crippen molar-refractivity contribution < 1.29 is 67.0 Å². The Morgan fingerprint density at radius 3 is 1.23 bits per heavy atom. The number of hydrogen-bond acceptors (Lipinski definition) is 13. The van der Waals surface area contributed by atoms with Crippen molar-refractivity contribution >= 4 is 68.7 Å². The molecule has 14 nitrogen and oxygen atoms in total. The van der Waals surface area contributed by atoms with E-state index in [2.05, 4.69) is 15.9 Å². The van der Waals surface area contributed by atoms with Crippen LogP contribution >= 0.6 is 32.9 Å². The van der Waals surface area contributed by atoms with Crippen LogP contribution < -0.4 is 0 Å². The summed E-state index contributed by atoms with van der Waals surface area (Å²) in [4.78, 5) is 65.1. The van der Waals surface area contributed by atoms with Crippen molar-refractivity contribution in [1.82, 2.24) is 0 Å². The van der Waals surface area contributed by atoms with Gasteiger partial charge in [0.2, 0.25) is 12.4 Å². The summed E-state index contributed by atoms with van der Waals surface area (Å²) >= 11 is 3.33. The van der Waals surface area contributed by atoms with E-state index in [1.54, 1.807) is 0 Å². The van der Waals surface area contributed by atoms with Crippen molar-refractivity contribution in [2.45, 2.75) is 130 Å². The van der Waals surface area contributed by atoms with Crippen LogP contribution in [-0.4, -0.2) is 88.8 Å². The van der Waals surface area contributed by atoms with Gasteiger partial charge in [-0.1, -0.05) is 43.6 Å². The molecule has 2 aliphatic rings. The molecule has 2 saturated heterocycles. The fraction of sp³-hybridized carbons (Fsp3) is 0.786. The average Bonchev–Trinajstić information content (AvgIpc) is 2.86. The van der Waals surface area contributed by atoms with Gasteiger partial charge in [0.15, 0.2) is 11.1 Å². The van der Waals surface area contributed by atoms with Crippen LogP contribution in [0.4, 0.5) is 0 Å². The predicted molar refractivity (Wildman–Crippen MR) is 163 cm³/mol. The predicted octanol–water partition coefficient (Wildman–Crippen LogP) is 3.87. The number of esters is 5. The van der Waals surface area contributed by atoms with Crippen molar-refractivity contribution in [2.75, 3.05) is 0 Å². The summed E-state index contributed by atoms with van der Waals surface area (Å²) in [5.41, 5.74) is 0. The molecule has 0 unspecified atom stereocenters. The first-order valence-electron chi connectivity index (χ1n) is 13.9. The molecule has 0 amide bonds. The number of alkyl halides is 1. The number of hydrogen-bond donors (Lipinski definition) is 1. The molecular formula is C28H46Br2O14. The molecule has 0 aromatic heterocycles. The summed E-state index contributed by atoms with van der Waals surface area (Å²) in [5.74, 6) is -3.51. The van der Waals surface area contributed by atoms with Gasteiger partial charge in [0, 0.05) is 53.4 Å². The van der Waals surface area contributed by atoms with E-state index in [0.29, 0.717) is 6.42 Å². The number of halogens is 2. The molecule has 0 aromatic rings. The lowest BCUT2D eigenvalue weighted by molar-refractivity contribution is -0.281. The highest BCUT2D eigenvalue weighted by atomic mass is 79.9. The fourth-order valence-electron chi connectivity index (χ4n) is 4.62. The van der Waals surface area contributed by atoms with E-state index >= 15 is 0 Å². The van der Waals surface area contributed by atoms with Crippen LogP contribution in [0, 0.1) is 11.8 Å². The third kappa shape index (κ3) is 15.6. The highest BCUT2D eigenvalue weighted by Crippen LogP contribution is 2.35. The summed E-state index contributed by atoms with van der Waals surface area (Å²) < 4.78 is 37.4. The van der Waals surface area contributed by atoms with Crippen molar-refractivity contribution in [1.29, 1.82) is 0 Å². The van der Waals surface area contributed by atoms with Gasteiger partial charge in [-0.05, 0) is 12.8 Å². The monoisotopic (exact) mass is 764 g/mol. The fourth-order valence-corrected chi connectivity index (χ4v) is 5.31. The molecule has 256 valence electrons. The molecule has 0 aromatic carbocycles. The van der Waals surface area contributed by atoms with E-state index in [1.807, 2.05) is 27.7 Å². The summed E-state index contributed by atoms with van der Waals surface area (Å²) in [6, 6.07) is 0. The molecule has 1 N–H and O–H groups in total. The van der Waals surface area contributed by atoms with Crippen LogP contribution in [0.3, 0.4) is 0 Å². The van der Waals surface area contributed by atoms with Gasteiger partial charge in [-0.3, -0.25) is 28.8 Å². The molecule has 0 saturated carbocycles. The highest BCUT2D eigenvalue weighted by Gasteiger charge is 2.49. The molecule has 2 fully saturated rings. The number of carboxylic acids is 1. The minimum atomic E-state index is -1.09. The third-order valence-electron chi connectivity index (χ3n) is 6.29. The lowest BCUT2D eigenvalue weighted by Crippen LogP contribution is -2.57. The van der Waals surface area contributed by atoms with E-state index in [4.69, 9.17) is 43.1 Å². The van der Waals surface area contributed by atoms with E-state index < -0.39 is 65.6 Å². The van der Waals surface area contributed by atoms with Gasteiger partial charge in [0.05, 0.1) is 12.2 Å². The van der Waals surface area contributed by atoms with Gasteiger partial charge in [-0.2, -0.15) is 0 Å². The first kappa shape index (κ1) is 43.8. The summed E-state index contributed by atoms with van der Waals surface area (Å²) in [7, 11) is 0. The summed E-state index contributed by atoms with van der Waals surface area (Å²) in [6.07, 6.45) is -2.77. The van der Waals surface area contributed by atoms with Crippen LogP contribution in [0.1, 0.15) is 82.1 Å². The lowest BCUT2D eigenvalue weighted by atomic mass is 9.89. The van der Waals surface area contributed by atoms with Crippen LogP contribution in [0.2, 0.25) is 0 Å². The van der Waals surface area contributed by atoms with E-state index in [0.717, 1.165) is 13.3 Å². The standard InChI is InChI=1S/C14H22O7.C12H19BrO5.C2H4O2.BrH/c1-6-11-7(2)12(18-8(3)15)13(19-9(4)16)14(21-11)20-10(5)17;1-5-9-6(2)10(16-7(3)14)11(12(13)18-9)17-8(4)15;1-2(3)4;/h7,11-14H,6H2,1-5H3;6,9-12H,5H2,1-4H3;1H3,(H,3,4);1H/t7-,11-,12+,13-,14-;6-,9-,10+,11-,12+;;/m11../s1. The van der Waals surface area contributed by atoms with E-state index in [1.165, 1.54) is 34.6 Å². The first-order valence-corrected chi connectivity index (χ1v) is 14.8. The number of carboxylic acid groups (broad SMARTS) is 1. The Morgan fingerprint density at radius 1 is 0.591 bits per heavy atom. The zero-order valence-electron chi connectivity index (χ0n) is 26.7. The highest BCUT2D eigenvalue weighted by molar-refractivity contribution is 9.09. The number of carbonyl (C=O) groups is 6. The van der Waals surface area contributed by atoms with Gasteiger partial charge in [0.1, 0.15) is 12.2 Å². The third-order valence-corrected chi connectivity index (χ3v) is 7.03. The molecular weight excluding hydrogens is 720 g/mol. The largest absolute Gasteiger partial charge is 0.481 e. The van der Waals surface area contributed by atoms with Crippen LogP contribution in [-0.2, 0) is 61.9 Å². The smallest absolute Gasteiger partial charge is 0.305 e. The zero-order chi connectivity index (χ0) is 33.6. The molecule has 0 radical (unpaired) electrons. The number of ether oxygens (including phenoxy) is 7. The maximum Gasteiger partial charge on any atom is 0.305 e. The van der Waals surface area contributed by atoms with Gasteiger partial charge in [-0.25, -0.2) is 0 Å². The molecule has 0 bridgehead atoms. The van der Waals surface area contributed by atoms with E-state index in [9.17, 15) is 24.0 Å².